The third-order valence-electron chi connectivity index (χ3n) is 4.79. The Balaban J connectivity index is 1.41. The quantitative estimate of drug-likeness (QED) is 0.393. The number of sulfonamides is 1. The Bertz CT molecular complexity index is 1270. The van der Waals surface area contributed by atoms with Crippen molar-refractivity contribution in [2.45, 2.75) is 31.1 Å². The number of furan rings is 1. The second-order valence-electron chi connectivity index (χ2n) is 8.11. The predicted molar refractivity (Wildman–Crippen MR) is 124 cm³/mol. The van der Waals surface area contributed by atoms with Crippen LogP contribution in [-0.2, 0) is 15.4 Å². The van der Waals surface area contributed by atoms with Crippen molar-refractivity contribution < 1.29 is 12.8 Å². The summed E-state index contributed by atoms with van der Waals surface area (Å²) in [6.07, 6.45) is 1.60. The minimum absolute atomic E-state index is 0.0301. The SMILES string of the molecule is CC(C)(C)c1ccc(S(=O)(=O)NCCNc2nc(-c3ccco3)c3sccc3n2)cc1. The van der Waals surface area contributed by atoms with Crippen LogP contribution in [0.2, 0.25) is 0 Å². The molecule has 9 heteroatoms. The van der Waals surface area contributed by atoms with E-state index in [0.717, 1.165) is 15.8 Å². The van der Waals surface area contributed by atoms with Gasteiger partial charge in [-0.1, -0.05) is 32.9 Å². The first-order chi connectivity index (χ1) is 14.7. The van der Waals surface area contributed by atoms with E-state index in [4.69, 9.17) is 4.42 Å². The molecule has 0 saturated heterocycles. The molecule has 0 unspecified atom stereocenters. The third kappa shape index (κ3) is 4.79. The average Bonchev–Trinajstić information content (AvgIpc) is 3.42. The van der Waals surface area contributed by atoms with Crippen molar-refractivity contribution in [3.8, 4) is 11.5 Å². The summed E-state index contributed by atoms with van der Waals surface area (Å²) < 4.78 is 34.2. The van der Waals surface area contributed by atoms with Gasteiger partial charge in [-0.3, -0.25) is 0 Å². The fourth-order valence-electron chi connectivity index (χ4n) is 3.10. The molecule has 0 saturated carbocycles. The van der Waals surface area contributed by atoms with Crippen molar-refractivity contribution in [3.05, 3.63) is 59.7 Å². The molecule has 0 fully saturated rings. The van der Waals surface area contributed by atoms with Crippen LogP contribution in [0.25, 0.3) is 21.7 Å². The summed E-state index contributed by atoms with van der Waals surface area (Å²) in [7, 11) is -3.59. The highest BCUT2D eigenvalue weighted by molar-refractivity contribution is 7.89. The van der Waals surface area contributed by atoms with Gasteiger partial charge in [0.1, 0.15) is 5.69 Å². The summed E-state index contributed by atoms with van der Waals surface area (Å²) in [6.45, 7) is 6.81. The molecule has 1 aromatic carbocycles. The molecule has 2 N–H and O–H groups in total. The fraction of sp³-hybridized carbons (Fsp3) is 0.273. The van der Waals surface area contributed by atoms with Gasteiger partial charge in [0, 0.05) is 13.1 Å². The van der Waals surface area contributed by atoms with Crippen LogP contribution in [-0.4, -0.2) is 31.5 Å². The number of benzene rings is 1. The highest BCUT2D eigenvalue weighted by atomic mass is 32.2. The van der Waals surface area contributed by atoms with Crippen LogP contribution in [0.1, 0.15) is 26.3 Å². The van der Waals surface area contributed by atoms with Crippen molar-refractivity contribution in [2.24, 2.45) is 0 Å². The molecule has 3 heterocycles. The largest absolute Gasteiger partial charge is 0.463 e. The van der Waals surface area contributed by atoms with Crippen molar-refractivity contribution in [1.29, 1.82) is 0 Å². The smallest absolute Gasteiger partial charge is 0.240 e. The molecule has 4 aromatic rings. The molecule has 162 valence electrons. The second kappa shape index (κ2) is 8.41. The lowest BCUT2D eigenvalue weighted by Crippen LogP contribution is -2.29. The van der Waals surface area contributed by atoms with Crippen LogP contribution in [0.4, 0.5) is 5.95 Å². The Labute approximate surface area is 185 Å². The molecule has 3 aromatic heterocycles. The lowest BCUT2D eigenvalue weighted by Gasteiger charge is -2.19. The first-order valence-corrected chi connectivity index (χ1v) is 12.2. The number of anilines is 1. The third-order valence-corrected chi connectivity index (χ3v) is 7.18. The van der Waals surface area contributed by atoms with Crippen molar-refractivity contribution in [3.63, 3.8) is 0 Å². The van der Waals surface area contributed by atoms with Gasteiger partial charge in [-0.2, -0.15) is 0 Å². The number of nitrogens with one attached hydrogen (secondary N) is 2. The predicted octanol–water partition coefficient (Wildman–Crippen LogP) is 4.64. The Morgan fingerprint density at radius 2 is 1.81 bits per heavy atom. The Kier molecular flexibility index (Phi) is 5.83. The van der Waals surface area contributed by atoms with E-state index in [1.807, 2.05) is 35.7 Å². The highest BCUT2D eigenvalue weighted by Gasteiger charge is 2.17. The molecular formula is C22H24N4O3S2. The van der Waals surface area contributed by atoms with Gasteiger partial charge in [-0.25, -0.2) is 23.1 Å². The number of aromatic nitrogens is 2. The summed E-state index contributed by atoms with van der Waals surface area (Å²) in [4.78, 5) is 9.30. The van der Waals surface area contributed by atoms with Crippen molar-refractivity contribution in [2.75, 3.05) is 18.4 Å². The highest BCUT2D eigenvalue weighted by Crippen LogP contribution is 2.31. The summed E-state index contributed by atoms with van der Waals surface area (Å²) in [5, 5.41) is 5.05. The molecular weight excluding hydrogens is 432 g/mol. The molecule has 31 heavy (non-hydrogen) atoms. The van der Waals surface area contributed by atoms with Crippen LogP contribution < -0.4 is 10.0 Å². The van der Waals surface area contributed by atoms with E-state index in [9.17, 15) is 8.42 Å². The lowest BCUT2D eigenvalue weighted by molar-refractivity contribution is 0.579. The van der Waals surface area contributed by atoms with Gasteiger partial charge in [0.05, 0.1) is 21.4 Å². The van der Waals surface area contributed by atoms with Crippen LogP contribution in [0.5, 0.6) is 0 Å². The Hall–Kier alpha value is -2.75. The van der Waals surface area contributed by atoms with E-state index in [-0.39, 0.29) is 16.9 Å². The number of thiophene rings is 1. The maximum absolute atomic E-state index is 12.6. The Morgan fingerprint density at radius 3 is 2.48 bits per heavy atom. The number of hydrogen-bond donors (Lipinski definition) is 2. The molecule has 0 radical (unpaired) electrons. The number of fused-ring (bicyclic) bond motifs is 1. The van der Waals surface area contributed by atoms with Crippen molar-refractivity contribution in [1.82, 2.24) is 14.7 Å². The number of rotatable bonds is 7. The molecule has 7 nitrogen and oxygen atoms in total. The Morgan fingerprint density at radius 1 is 1.03 bits per heavy atom. The number of hydrogen-bond acceptors (Lipinski definition) is 7. The molecule has 0 aliphatic heterocycles. The van der Waals surface area contributed by atoms with Crippen molar-refractivity contribution >= 4 is 37.5 Å². The first kappa shape index (κ1) is 21.5. The van der Waals surface area contributed by atoms with Crippen LogP contribution in [0.15, 0.2) is 63.4 Å². The first-order valence-electron chi connectivity index (χ1n) is 9.87. The minimum Gasteiger partial charge on any atom is -0.463 e. The second-order valence-corrected chi connectivity index (χ2v) is 10.8. The maximum Gasteiger partial charge on any atom is 0.240 e. The molecule has 0 atom stereocenters. The zero-order valence-corrected chi connectivity index (χ0v) is 19.2. The summed E-state index contributed by atoms with van der Waals surface area (Å²) in [6, 6.07) is 12.6. The molecule has 0 spiro atoms. The van der Waals surface area contributed by atoms with Gasteiger partial charge in [-0.05, 0) is 46.7 Å². The van der Waals surface area contributed by atoms with Gasteiger partial charge < -0.3 is 9.73 Å². The minimum atomic E-state index is -3.59. The fourth-order valence-corrected chi connectivity index (χ4v) is 4.96. The summed E-state index contributed by atoms with van der Waals surface area (Å²) >= 11 is 1.55. The van der Waals surface area contributed by atoms with E-state index < -0.39 is 10.0 Å². The molecule has 4 rings (SSSR count). The molecule has 0 aliphatic carbocycles. The lowest BCUT2D eigenvalue weighted by atomic mass is 9.87. The van der Waals surface area contributed by atoms with Gasteiger partial charge in [0.2, 0.25) is 16.0 Å². The van der Waals surface area contributed by atoms with Gasteiger partial charge in [0.25, 0.3) is 0 Å². The normalized spacial score (nSPS) is 12.4. The molecule has 0 bridgehead atoms. The van der Waals surface area contributed by atoms with E-state index in [2.05, 4.69) is 40.8 Å². The van der Waals surface area contributed by atoms with E-state index >= 15 is 0 Å². The topological polar surface area (TPSA) is 97.1 Å². The zero-order valence-electron chi connectivity index (χ0n) is 17.5. The zero-order chi connectivity index (χ0) is 22.1. The van der Waals surface area contributed by atoms with E-state index in [0.29, 0.717) is 23.9 Å². The van der Waals surface area contributed by atoms with Gasteiger partial charge in [0.15, 0.2) is 5.76 Å². The van der Waals surface area contributed by atoms with E-state index in [1.54, 1.807) is 29.7 Å². The van der Waals surface area contributed by atoms with Crippen LogP contribution in [0.3, 0.4) is 0 Å². The summed E-state index contributed by atoms with van der Waals surface area (Å²) in [5.41, 5.74) is 2.58. The standard InChI is InChI=1S/C22H24N4O3S2/c1-22(2,3)15-6-8-16(9-7-15)31(27,28)24-12-11-23-21-25-17-10-14-30-20(17)19(26-21)18-5-4-13-29-18/h4-10,13-14,24H,11-12H2,1-3H3,(H,23,25,26). The summed E-state index contributed by atoms with van der Waals surface area (Å²) in [5.74, 6) is 1.09. The monoisotopic (exact) mass is 456 g/mol. The number of nitrogens with zero attached hydrogens (tertiary/aromatic N) is 2. The average molecular weight is 457 g/mol. The van der Waals surface area contributed by atoms with Gasteiger partial charge in [-0.15, -0.1) is 11.3 Å². The van der Waals surface area contributed by atoms with Gasteiger partial charge >= 0.3 is 0 Å². The van der Waals surface area contributed by atoms with Crippen LogP contribution in [0, 0.1) is 0 Å². The van der Waals surface area contributed by atoms with Crippen LogP contribution >= 0.6 is 11.3 Å². The van der Waals surface area contributed by atoms with E-state index in [1.165, 1.54) is 0 Å². The maximum atomic E-state index is 12.6. The molecule has 0 aliphatic rings. The molecule has 0 amide bonds.